The van der Waals surface area contributed by atoms with Gasteiger partial charge in [-0.25, -0.2) is 0 Å². The minimum atomic E-state index is 0.233. The molecule has 1 aromatic carbocycles. The van der Waals surface area contributed by atoms with Crippen LogP contribution in [0, 0.1) is 19.8 Å². The van der Waals surface area contributed by atoms with Crippen LogP contribution in [0.4, 0.5) is 0 Å². The van der Waals surface area contributed by atoms with Crippen molar-refractivity contribution >= 4 is 17.5 Å². The van der Waals surface area contributed by atoms with E-state index in [9.17, 15) is 4.79 Å². The van der Waals surface area contributed by atoms with Crippen LogP contribution in [0.2, 0.25) is 0 Å². The minimum absolute atomic E-state index is 0.233. The van der Waals surface area contributed by atoms with Gasteiger partial charge < -0.3 is 4.90 Å². The summed E-state index contributed by atoms with van der Waals surface area (Å²) >= 11 is 5.82. The second-order valence-corrected chi connectivity index (χ2v) is 5.17. The second-order valence-electron chi connectivity index (χ2n) is 4.86. The number of likely N-dealkylation sites (tertiary alicyclic amines) is 1. The first-order valence-corrected chi connectivity index (χ1v) is 6.54. The summed E-state index contributed by atoms with van der Waals surface area (Å²) in [6.45, 7) is 5.74. The Labute approximate surface area is 108 Å². The van der Waals surface area contributed by atoms with Crippen molar-refractivity contribution in [2.45, 2.75) is 26.8 Å². The lowest BCUT2D eigenvalue weighted by atomic mass is 10.0. The zero-order valence-corrected chi connectivity index (χ0v) is 11.1. The average molecular weight is 252 g/mol. The van der Waals surface area contributed by atoms with Crippen LogP contribution >= 0.6 is 11.6 Å². The van der Waals surface area contributed by atoms with Gasteiger partial charge in [-0.05, 0) is 36.5 Å². The largest absolute Gasteiger partial charge is 0.338 e. The molecule has 2 rings (SSSR count). The molecular formula is C14H18ClNO. The maximum Gasteiger partial charge on any atom is 0.223 e. The summed E-state index contributed by atoms with van der Waals surface area (Å²) in [5.41, 5.74) is 3.81. The summed E-state index contributed by atoms with van der Waals surface area (Å²) in [6, 6.07) is 6.26. The van der Waals surface area contributed by atoms with Gasteiger partial charge in [0.15, 0.2) is 0 Å². The summed E-state index contributed by atoms with van der Waals surface area (Å²) < 4.78 is 0. The smallest absolute Gasteiger partial charge is 0.223 e. The number of rotatable bonds is 3. The molecule has 0 radical (unpaired) electrons. The van der Waals surface area contributed by atoms with E-state index in [1.165, 1.54) is 16.7 Å². The molecule has 1 aliphatic heterocycles. The average Bonchev–Trinajstić information content (AvgIpc) is 2.66. The Morgan fingerprint density at radius 1 is 1.41 bits per heavy atom. The van der Waals surface area contributed by atoms with Crippen molar-refractivity contribution in [2.75, 3.05) is 12.4 Å². The predicted molar refractivity (Wildman–Crippen MR) is 70.2 cm³/mol. The molecule has 92 valence electrons. The number of aryl methyl sites for hydroxylation is 1. The van der Waals surface area contributed by atoms with Crippen LogP contribution < -0.4 is 0 Å². The van der Waals surface area contributed by atoms with Crippen LogP contribution in [-0.2, 0) is 11.3 Å². The van der Waals surface area contributed by atoms with Crippen LogP contribution in [0.1, 0.15) is 23.1 Å². The van der Waals surface area contributed by atoms with E-state index < -0.39 is 0 Å². The molecule has 0 N–H and O–H groups in total. The molecule has 1 atom stereocenters. The number of benzene rings is 1. The van der Waals surface area contributed by atoms with Crippen LogP contribution in [0.3, 0.4) is 0 Å². The van der Waals surface area contributed by atoms with Gasteiger partial charge in [0.05, 0.1) is 0 Å². The molecule has 1 amide bonds. The zero-order valence-electron chi connectivity index (χ0n) is 10.4. The van der Waals surface area contributed by atoms with Crippen molar-refractivity contribution in [1.82, 2.24) is 4.90 Å². The molecule has 2 nitrogen and oxygen atoms in total. The van der Waals surface area contributed by atoms with Crippen LogP contribution in [0.15, 0.2) is 18.2 Å². The Kier molecular flexibility index (Phi) is 3.72. The number of hydrogen-bond acceptors (Lipinski definition) is 1. The third kappa shape index (κ3) is 2.63. The maximum atomic E-state index is 11.8. The van der Waals surface area contributed by atoms with E-state index in [0.717, 1.165) is 13.1 Å². The minimum Gasteiger partial charge on any atom is -0.338 e. The molecule has 1 aromatic rings. The normalized spacial score (nSPS) is 20.1. The van der Waals surface area contributed by atoms with Crippen molar-refractivity contribution in [3.05, 3.63) is 34.9 Å². The van der Waals surface area contributed by atoms with Crippen molar-refractivity contribution in [2.24, 2.45) is 5.92 Å². The van der Waals surface area contributed by atoms with Gasteiger partial charge in [0.1, 0.15) is 0 Å². The molecule has 0 saturated carbocycles. The highest BCUT2D eigenvalue weighted by Crippen LogP contribution is 2.23. The monoisotopic (exact) mass is 251 g/mol. The summed E-state index contributed by atoms with van der Waals surface area (Å²) in [5, 5.41) is 0. The number of halogens is 1. The third-order valence-corrected chi connectivity index (χ3v) is 4.03. The van der Waals surface area contributed by atoms with E-state index in [-0.39, 0.29) is 5.91 Å². The highest BCUT2D eigenvalue weighted by Gasteiger charge is 2.28. The first-order chi connectivity index (χ1) is 8.11. The van der Waals surface area contributed by atoms with Gasteiger partial charge in [0, 0.05) is 25.4 Å². The third-order valence-electron chi connectivity index (χ3n) is 3.59. The van der Waals surface area contributed by atoms with Crippen LogP contribution in [-0.4, -0.2) is 23.2 Å². The van der Waals surface area contributed by atoms with Crippen LogP contribution in [0.5, 0.6) is 0 Å². The fraction of sp³-hybridized carbons (Fsp3) is 0.500. The van der Waals surface area contributed by atoms with Gasteiger partial charge in [-0.1, -0.05) is 18.2 Å². The number of carbonyl (C=O) groups is 1. The zero-order chi connectivity index (χ0) is 12.4. The van der Waals surface area contributed by atoms with Crippen molar-refractivity contribution < 1.29 is 4.79 Å². The maximum absolute atomic E-state index is 11.8. The molecule has 0 bridgehead atoms. The first kappa shape index (κ1) is 12.4. The molecule has 1 heterocycles. The van der Waals surface area contributed by atoms with Gasteiger partial charge in [0.25, 0.3) is 0 Å². The highest BCUT2D eigenvalue weighted by atomic mass is 35.5. The van der Waals surface area contributed by atoms with Crippen LogP contribution in [0.25, 0.3) is 0 Å². The van der Waals surface area contributed by atoms with Crippen molar-refractivity contribution in [3.8, 4) is 0 Å². The molecule has 1 fully saturated rings. The lowest BCUT2D eigenvalue weighted by Gasteiger charge is -2.18. The van der Waals surface area contributed by atoms with E-state index >= 15 is 0 Å². The Balaban J connectivity index is 2.11. The number of nitrogens with zero attached hydrogens (tertiary/aromatic N) is 1. The van der Waals surface area contributed by atoms with Gasteiger partial charge in [-0.2, -0.15) is 0 Å². The molecular weight excluding hydrogens is 234 g/mol. The molecule has 17 heavy (non-hydrogen) atoms. The number of hydrogen-bond donors (Lipinski definition) is 0. The number of carbonyl (C=O) groups excluding carboxylic acids is 1. The molecule has 0 aliphatic carbocycles. The summed E-state index contributed by atoms with van der Waals surface area (Å²) in [4.78, 5) is 13.7. The first-order valence-electron chi connectivity index (χ1n) is 6.00. The Morgan fingerprint density at radius 3 is 2.82 bits per heavy atom. The topological polar surface area (TPSA) is 20.3 Å². The molecule has 1 aliphatic rings. The van der Waals surface area contributed by atoms with Gasteiger partial charge in [-0.3, -0.25) is 4.79 Å². The van der Waals surface area contributed by atoms with Crippen molar-refractivity contribution in [3.63, 3.8) is 0 Å². The van der Waals surface area contributed by atoms with E-state index in [2.05, 4.69) is 32.0 Å². The predicted octanol–water partition coefficient (Wildman–Crippen LogP) is 2.89. The summed E-state index contributed by atoms with van der Waals surface area (Å²) in [6.07, 6.45) is 0.606. The molecule has 3 heteroatoms. The lowest BCUT2D eigenvalue weighted by Crippen LogP contribution is -2.25. The van der Waals surface area contributed by atoms with E-state index in [0.29, 0.717) is 18.2 Å². The fourth-order valence-electron chi connectivity index (χ4n) is 2.30. The Hall–Kier alpha value is -1.02. The Morgan fingerprint density at radius 2 is 2.18 bits per heavy atom. The van der Waals surface area contributed by atoms with Gasteiger partial charge in [-0.15, -0.1) is 11.6 Å². The van der Waals surface area contributed by atoms with Gasteiger partial charge >= 0.3 is 0 Å². The lowest BCUT2D eigenvalue weighted by molar-refractivity contribution is -0.128. The van der Waals surface area contributed by atoms with E-state index in [1.807, 2.05) is 4.90 Å². The fourth-order valence-corrected chi connectivity index (χ4v) is 2.51. The standard InChI is InChI=1S/C14H18ClNO/c1-10-4-3-5-13(11(10)2)9-16-8-12(7-15)6-14(16)17/h3-5,12H,6-9H2,1-2H3. The molecule has 0 spiro atoms. The quantitative estimate of drug-likeness (QED) is 0.757. The van der Waals surface area contributed by atoms with E-state index in [4.69, 9.17) is 11.6 Å². The number of amides is 1. The van der Waals surface area contributed by atoms with Gasteiger partial charge in [0.2, 0.25) is 5.91 Å². The molecule has 1 unspecified atom stereocenters. The molecule has 1 saturated heterocycles. The summed E-state index contributed by atoms with van der Waals surface area (Å²) in [7, 11) is 0. The summed E-state index contributed by atoms with van der Waals surface area (Å²) in [5.74, 6) is 1.14. The second kappa shape index (κ2) is 5.09. The Bertz CT molecular complexity index is 430. The SMILES string of the molecule is Cc1cccc(CN2CC(CCl)CC2=O)c1C. The highest BCUT2D eigenvalue weighted by molar-refractivity contribution is 6.18. The molecule has 0 aromatic heterocycles. The van der Waals surface area contributed by atoms with E-state index in [1.54, 1.807) is 0 Å². The number of alkyl halides is 1. The van der Waals surface area contributed by atoms with Crippen molar-refractivity contribution in [1.29, 1.82) is 0 Å².